The van der Waals surface area contributed by atoms with Crippen molar-refractivity contribution in [3.8, 4) is 22.4 Å². The Hall–Kier alpha value is -3.99. The average Bonchev–Trinajstić information content (AvgIpc) is 3.71. The van der Waals surface area contributed by atoms with Gasteiger partial charge >= 0.3 is 0 Å². The molecular weight excluding hydrogens is 835 g/mol. The fourth-order valence-electron chi connectivity index (χ4n) is 7.09. The van der Waals surface area contributed by atoms with Gasteiger partial charge in [0.1, 0.15) is 16.9 Å². The molecule has 0 saturated heterocycles. The van der Waals surface area contributed by atoms with E-state index in [9.17, 15) is 9.90 Å². The van der Waals surface area contributed by atoms with E-state index in [-0.39, 0.29) is 48.9 Å². The van der Waals surface area contributed by atoms with Crippen LogP contribution in [-0.4, -0.2) is 15.9 Å². The summed E-state index contributed by atoms with van der Waals surface area (Å²) < 4.78 is 12.3. The molecule has 0 aliphatic rings. The number of nitrogens with zero attached hydrogens (tertiary/aromatic N) is 1. The third kappa shape index (κ3) is 9.39. The number of aliphatic hydroxyl groups excluding tert-OH is 1. The Labute approximate surface area is 329 Å². The minimum absolute atomic E-state index is 0. The van der Waals surface area contributed by atoms with Crippen LogP contribution in [0.25, 0.3) is 55.2 Å². The number of ketones is 1. The van der Waals surface area contributed by atoms with Gasteiger partial charge in [-0.3, -0.25) is 9.78 Å². The van der Waals surface area contributed by atoms with Gasteiger partial charge in [0.25, 0.3) is 0 Å². The van der Waals surface area contributed by atoms with E-state index in [1.165, 1.54) is 28.0 Å². The largest absolute Gasteiger partial charge is 0.512 e. The van der Waals surface area contributed by atoms with Gasteiger partial charge in [-0.05, 0) is 61.1 Å². The van der Waals surface area contributed by atoms with Crippen LogP contribution in [0.3, 0.4) is 0 Å². The van der Waals surface area contributed by atoms with Gasteiger partial charge in [-0.1, -0.05) is 110 Å². The number of benzene rings is 3. The van der Waals surface area contributed by atoms with Gasteiger partial charge < -0.3 is 13.9 Å². The second kappa shape index (κ2) is 17.9. The molecule has 0 saturated carbocycles. The molecule has 6 rings (SSSR count). The van der Waals surface area contributed by atoms with Crippen molar-refractivity contribution in [2.24, 2.45) is 17.8 Å². The molecule has 0 aliphatic heterocycles. The van der Waals surface area contributed by atoms with Crippen molar-refractivity contribution in [1.82, 2.24) is 4.98 Å². The Kier molecular flexibility index (Phi) is 14.1. The molecule has 3 aromatic carbocycles. The van der Waals surface area contributed by atoms with E-state index in [0.717, 1.165) is 82.3 Å². The Morgan fingerprint density at radius 2 is 1.58 bits per heavy atom. The predicted molar refractivity (Wildman–Crippen MR) is 217 cm³/mol. The number of aliphatic hydroxyl groups is 1. The smallest absolute Gasteiger partial charge is 0.162 e. The monoisotopic (exact) mass is 891 g/mol. The van der Waals surface area contributed by atoms with E-state index in [2.05, 4.69) is 102 Å². The number of hydrogen-bond donors (Lipinski definition) is 1. The van der Waals surface area contributed by atoms with Crippen LogP contribution in [-0.2, 0) is 36.7 Å². The van der Waals surface area contributed by atoms with Crippen molar-refractivity contribution in [2.75, 3.05) is 0 Å². The second-order valence-corrected chi connectivity index (χ2v) is 15.5. The number of carbonyl (C=O) groups excluding carboxylic acids is 1. The van der Waals surface area contributed by atoms with Crippen molar-refractivity contribution in [2.45, 2.75) is 107 Å². The summed E-state index contributed by atoms with van der Waals surface area (Å²) in [6.07, 6.45) is 7.56. The zero-order chi connectivity index (χ0) is 37.7. The van der Waals surface area contributed by atoms with Gasteiger partial charge in [0, 0.05) is 67.1 Å². The van der Waals surface area contributed by atoms with Gasteiger partial charge in [-0.15, -0.1) is 29.1 Å². The number of allylic oxidation sites excluding steroid dienone is 2. The third-order valence-corrected chi connectivity index (χ3v) is 10.3. The van der Waals surface area contributed by atoms with E-state index in [1.54, 1.807) is 6.26 Å². The molecule has 3 aromatic heterocycles. The number of aromatic nitrogens is 1. The maximum atomic E-state index is 11.7. The fraction of sp³-hybridized carbons (Fsp3) is 0.404. The molecular formula is C47H56IrNO4-. The Morgan fingerprint density at radius 3 is 2.23 bits per heavy atom. The molecule has 1 radical (unpaired) electrons. The Balaban J connectivity index is 0.000000335. The quantitative estimate of drug-likeness (QED) is 0.0797. The molecule has 6 heteroatoms. The SMILES string of the molecule is CCC(CC)C(=O)/C=C(\O)C(CC)CC.Cc1c(CC(C)C)oc2cc(-c3cc(-c4[c-]c5ccccc5c(C(C)(C)C)c4)nc4ccoc34)ccc12.[Ir]. The van der Waals surface area contributed by atoms with E-state index in [4.69, 9.17) is 13.8 Å². The number of hydrogen-bond acceptors (Lipinski definition) is 5. The molecule has 0 unspecified atom stereocenters. The van der Waals surface area contributed by atoms with Crippen LogP contribution in [0.2, 0.25) is 0 Å². The van der Waals surface area contributed by atoms with Crippen LogP contribution < -0.4 is 0 Å². The summed E-state index contributed by atoms with van der Waals surface area (Å²) in [5, 5.41) is 13.3. The first-order valence-corrected chi connectivity index (χ1v) is 19.1. The summed E-state index contributed by atoms with van der Waals surface area (Å²) in [5.74, 6) is 2.16. The number of furan rings is 2. The first kappa shape index (κ1) is 41.8. The zero-order valence-electron chi connectivity index (χ0n) is 33.1. The minimum atomic E-state index is -0.0120. The average molecular weight is 891 g/mol. The number of carbonyl (C=O) groups is 1. The van der Waals surface area contributed by atoms with Crippen LogP contribution in [0.15, 0.2) is 87.6 Å². The summed E-state index contributed by atoms with van der Waals surface area (Å²) in [4.78, 5) is 16.7. The second-order valence-electron chi connectivity index (χ2n) is 15.5. The standard InChI is InChI=1S/C34H32NO2.C13H24O2.Ir/c1-20(2)15-31-21(3)25-12-11-23(18-32(25)37-31)27-19-30(35-29-13-14-36-33(27)29)24-16-22-9-7-8-10-26(22)28(17-24)34(4,5)6;1-5-10(6-2)12(14)9-13(15)11(7-3)8-4;/h7-14,17-20H,15H2,1-6H3;9-11,14H,5-8H2,1-4H3;/q-1;;/b;12-9-;. The van der Waals surface area contributed by atoms with Crippen molar-refractivity contribution in [1.29, 1.82) is 0 Å². The van der Waals surface area contributed by atoms with Crippen molar-refractivity contribution >= 4 is 38.6 Å². The first-order valence-electron chi connectivity index (χ1n) is 19.1. The maximum absolute atomic E-state index is 11.7. The molecule has 3 heterocycles. The number of rotatable bonds is 11. The third-order valence-electron chi connectivity index (χ3n) is 10.3. The predicted octanol–water partition coefficient (Wildman–Crippen LogP) is 13.5. The van der Waals surface area contributed by atoms with Gasteiger partial charge in [0.05, 0.1) is 12.0 Å². The summed E-state index contributed by atoms with van der Waals surface area (Å²) in [6.45, 7) is 21.4. The van der Waals surface area contributed by atoms with Crippen molar-refractivity contribution in [3.05, 3.63) is 102 Å². The van der Waals surface area contributed by atoms with Crippen LogP contribution >= 0.6 is 0 Å². The van der Waals surface area contributed by atoms with Gasteiger partial charge in [0.15, 0.2) is 11.4 Å². The fourth-order valence-corrected chi connectivity index (χ4v) is 7.09. The molecule has 0 aliphatic carbocycles. The zero-order valence-corrected chi connectivity index (χ0v) is 35.5. The molecule has 0 spiro atoms. The Bertz CT molecular complexity index is 2190. The van der Waals surface area contributed by atoms with E-state index < -0.39 is 0 Å². The van der Waals surface area contributed by atoms with E-state index >= 15 is 0 Å². The first-order chi connectivity index (χ1) is 24.8. The van der Waals surface area contributed by atoms with Gasteiger partial charge in [-0.25, -0.2) is 0 Å². The maximum Gasteiger partial charge on any atom is 0.162 e. The minimum Gasteiger partial charge on any atom is -0.512 e. The number of fused-ring (bicyclic) bond motifs is 3. The molecule has 1 N–H and O–H groups in total. The van der Waals surface area contributed by atoms with Crippen molar-refractivity contribution < 1.29 is 38.8 Å². The summed E-state index contributed by atoms with van der Waals surface area (Å²) in [5.41, 5.74) is 8.97. The number of aryl methyl sites for hydroxylation is 1. The van der Waals surface area contributed by atoms with Gasteiger partial charge in [-0.2, -0.15) is 0 Å². The molecule has 53 heavy (non-hydrogen) atoms. The molecule has 0 fully saturated rings. The molecule has 0 atom stereocenters. The molecule has 0 amide bonds. The Morgan fingerprint density at radius 1 is 0.906 bits per heavy atom. The van der Waals surface area contributed by atoms with E-state index in [1.807, 2.05) is 33.8 Å². The topological polar surface area (TPSA) is 76.5 Å². The van der Waals surface area contributed by atoms with Crippen LogP contribution in [0, 0.1) is 30.7 Å². The number of pyridine rings is 1. The molecule has 283 valence electrons. The molecule has 0 bridgehead atoms. The van der Waals surface area contributed by atoms with Crippen LogP contribution in [0.5, 0.6) is 0 Å². The van der Waals surface area contributed by atoms with Gasteiger partial charge in [0.2, 0.25) is 0 Å². The van der Waals surface area contributed by atoms with Crippen LogP contribution in [0.1, 0.15) is 105 Å². The van der Waals surface area contributed by atoms with Crippen molar-refractivity contribution in [3.63, 3.8) is 0 Å². The molecule has 6 aromatic rings. The molecule has 5 nitrogen and oxygen atoms in total. The normalized spacial score (nSPS) is 12.2. The van der Waals surface area contributed by atoms with E-state index in [0.29, 0.717) is 5.92 Å². The van der Waals surface area contributed by atoms with Crippen LogP contribution in [0.4, 0.5) is 0 Å². The summed E-state index contributed by atoms with van der Waals surface area (Å²) in [7, 11) is 0. The summed E-state index contributed by atoms with van der Waals surface area (Å²) >= 11 is 0. The summed E-state index contributed by atoms with van der Waals surface area (Å²) in [6, 6.07) is 24.9.